The van der Waals surface area contributed by atoms with Gasteiger partial charge in [-0.2, -0.15) is 13.2 Å². The molecule has 2 aliphatic rings. The average molecular weight is 377 g/mol. The van der Waals surface area contributed by atoms with Crippen LogP contribution in [0.15, 0.2) is 48.5 Å². The van der Waals surface area contributed by atoms with Crippen molar-refractivity contribution in [1.29, 1.82) is 0 Å². The zero-order valence-corrected chi connectivity index (χ0v) is 14.3. The van der Waals surface area contributed by atoms with Gasteiger partial charge in [-0.3, -0.25) is 10.0 Å². The molecule has 2 saturated heterocycles. The number of nitrogens with zero attached hydrogens (tertiary/aromatic N) is 2. The largest absolute Gasteiger partial charge is 0.416 e. The lowest BCUT2D eigenvalue weighted by Crippen LogP contribution is -2.46. The first-order chi connectivity index (χ1) is 12.9. The molecule has 0 saturated carbocycles. The monoisotopic (exact) mass is 377 g/mol. The second-order valence-corrected chi connectivity index (χ2v) is 6.88. The SMILES string of the molecule is O=C(NO)c1ccc(N2C[C@H]3C[C@H]2CN3c2cccc(C(F)(F)F)c2)cc1. The minimum absolute atomic E-state index is 0.152. The van der Waals surface area contributed by atoms with Crippen LogP contribution < -0.4 is 15.3 Å². The molecule has 2 bridgehead atoms. The maximum atomic E-state index is 13.0. The van der Waals surface area contributed by atoms with E-state index in [0.29, 0.717) is 24.3 Å². The number of hydroxylamine groups is 1. The van der Waals surface area contributed by atoms with E-state index < -0.39 is 17.6 Å². The third kappa shape index (κ3) is 3.21. The summed E-state index contributed by atoms with van der Waals surface area (Å²) in [6.45, 7) is 1.37. The number of piperazine rings is 1. The van der Waals surface area contributed by atoms with Crippen LogP contribution in [0.25, 0.3) is 0 Å². The van der Waals surface area contributed by atoms with Crippen molar-refractivity contribution >= 4 is 17.3 Å². The zero-order chi connectivity index (χ0) is 19.2. The smallest absolute Gasteiger partial charge is 0.365 e. The summed E-state index contributed by atoms with van der Waals surface area (Å²) in [6.07, 6.45) is -3.46. The molecule has 2 aliphatic heterocycles. The number of hydrogen-bond acceptors (Lipinski definition) is 4. The third-order valence-corrected chi connectivity index (χ3v) is 5.31. The number of carbonyl (C=O) groups excluding carboxylic acids is 1. The van der Waals surface area contributed by atoms with Crippen molar-refractivity contribution in [2.45, 2.75) is 24.7 Å². The van der Waals surface area contributed by atoms with Crippen LogP contribution in [0.4, 0.5) is 24.5 Å². The molecule has 2 atom stereocenters. The molecule has 5 nitrogen and oxygen atoms in total. The predicted molar refractivity (Wildman–Crippen MR) is 94.0 cm³/mol. The summed E-state index contributed by atoms with van der Waals surface area (Å²) in [4.78, 5) is 15.7. The minimum Gasteiger partial charge on any atom is -0.365 e. The Kier molecular flexibility index (Phi) is 4.22. The second kappa shape index (κ2) is 6.45. The Morgan fingerprint density at radius 1 is 1.00 bits per heavy atom. The Bertz CT molecular complexity index is 854. The van der Waals surface area contributed by atoms with Gasteiger partial charge in [0.2, 0.25) is 0 Å². The fourth-order valence-corrected chi connectivity index (χ4v) is 4.03. The Balaban J connectivity index is 1.49. The van der Waals surface area contributed by atoms with E-state index in [1.54, 1.807) is 23.7 Å². The fourth-order valence-electron chi connectivity index (χ4n) is 4.03. The van der Waals surface area contributed by atoms with E-state index in [2.05, 4.69) is 4.90 Å². The highest BCUT2D eigenvalue weighted by atomic mass is 19.4. The van der Waals surface area contributed by atoms with Gasteiger partial charge in [0.25, 0.3) is 5.91 Å². The number of halogens is 3. The van der Waals surface area contributed by atoms with Crippen LogP contribution in [-0.4, -0.2) is 36.3 Å². The first kappa shape index (κ1) is 17.7. The van der Waals surface area contributed by atoms with E-state index in [0.717, 1.165) is 18.2 Å². The number of fused-ring (bicyclic) bond motifs is 2. The number of amides is 1. The first-order valence-electron chi connectivity index (χ1n) is 8.62. The third-order valence-electron chi connectivity index (χ3n) is 5.31. The van der Waals surface area contributed by atoms with Gasteiger partial charge in [0.05, 0.1) is 5.56 Å². The van der Waals surface area contributed by atoms with Crippen molar-refractivity contribution in [3.8, 4) is 0 Å². The summed E-state index contributed by atoms with van der Waals surface area (Å²) in [5.41, 5.74) is 2.89. The number of alkyl halides is 3. The molecule has 142 valence electrons. The molecular weight excluding hydrogens is 359 g/mol. The van der Waals surface area contributed by atoms with Crippen LogP contribution in [-0.2, 0) is 6.18 Å². The molecule has 0 radical (unpaired) electrons. The van der Waals surface area contributed by atoms with E-state index in [9.17, 15) is 18.0 Å². The van der Waals surface area contributed by atoms with Gasteiger partial charge in [-0.15, -0.1) is 0 Å². The topological polar surface area (TPSA) is 55.8 Å². The lowest BCUT2D eigenvalue weighted by Gasteiger charge is -2.37. The van der Waals surface area contributed by atoms with E-state index in [-0.39, 0.29) is 12.1 Å². The lowest BCUT2D eigenvalue weighted by molar-refractivity contribution is -0.137. The lowest BCUT2D eigenvalue weighted by atomic mass is 10.1. The normalized spacial score (nSPS) is 21.6. The molecule has 1 amide bonds. The minimum atomic E-state index is -4.34. The number of carbonyl (C=O) groups is 1. The number of hydrogen-bond donors (Lipinski definition) is 2. The number of anilines is 2. The summed E-state index contributed by atoms with van der Waals surface area (Å²) < 4.78 is 38.9. The maximum Gasteiger partial charge on any atom is 0.416 e. The average Bonchev–Trinajstić information content (AvgIpc) is 3.28. The molecule has 2 heterocycles. The Morgan fingerprint density at radius 3 is 2.19 bits per heavy atom. The first-order valence-corrected chi connectivity index (χ1v) is 8.62. The Labute approximate surface area is 154 Å². The van der Waals surface area contributed by atoms with Gasteiger partial charge in [0, 0.05) is 42.1 Å². The molecule has 2 fully saturated rings. The van der Waals surface area contributed by atoms with Crippen molar-refractivity contribution in [2.24, 2.45) is 0 Å². The standard InChI is InChI=1S/C19H18F3N3O2/c20-19(21,22)13-2-1-3-15(8-13)25-11-16-9-17(25)10-24(16)14-6-4-12(5-7-14)18(26)23-27/h1-8,16-17,27H,9-11H2,(H,23,26)/t16-,17+/m0/s1. The van der Waals surface area contributed by atoms with Crippen molar-refractivity contribution in [3.63, 3.8) is 0 Å². The summed E-state index contributed by atoms with van der Waals surface area (Å²) >= 11 is 0. The van der Waals surface area contributed by atoms with Gasteiger partial charge in [0.1, 0.15) is 0 Å². The van der Waals surface area contributed by atoms with E-state index in [1.165, 1.54) is 12.1 Å². The summed E-state index contributed by atoms with van der Waals surface area (Å²) in [6, 6.07) is 12.8. The van der Waals surface area contributed by atoms with Crippen LogP contribution in [0.3, 0.4) is 0 Å². The van der Waals surface area contributed by atoms with Crippen LogP contribution in [0.5, 0.6) is 0 Å². The van der Waals surface area contributed by atoms with Crippen LogP contribution >= 0.6 is 0 Å². The predicted octanol–water partition coefficient (Wildman–Crippen LogP) is 3.29. The van der Waals surface area contributed by atoms with Crippen LogP contribution in [0, 0.1) is 0 Å². The van der Waals surface area contributed by atoms with E-state index in [1.807, 2.05) is 17.0 Å². The maximum absolute atomic E-state index is 13.0. The molecule has 0 unspecified atom stereocenters. The second-order valence-electron chi connectivity index (χ2n) is 6.88. The molecule has 2 aromatic rings. The van der Waals surface area contributed by atoms with Crippen molar-refractivity contribution in [2.75, 3.05) is 22.9 Å². The molecule has 2 N–H and O–H groups in total. The van der Waals surface area contributed by atoms with Crippen LogP contribution in [0.2, 0.25) is 0 Å². The Morgan fingerprint density at radius 2 is 1.63 bits per heavy atom. The Hall–Kier alpha value is -2.74. The van der Waals surface area contributed by atoms with Crippen molar-refractivity contribution < 1.29 is 23.2 Å². The summed E-state index contributed by atoms with van der Waals surface area (Å²) in [5.74, 6) is -0.569. The van der Waals surface area contributed by atoms with Crippen molar-refractivity contribution in [1.82, 2.24) is 5.48 Å². The van der Waals surface area contributed by atoms with Gasteiger partial charge in [-0.1, -0.05) is 6.07 Å². The van der Waals surface area contributed by atoms with Gasteiger partial charge in [-0.05, 0) is 48.9 Å². The quantitative estimate of drug-likeness (QED) is 0.637. The summed E-state index contributed by atoms with van der Waals surface area (Å²) in [7, 11) is 0. The van der Waals surface area contributed by atoms with Gasteiger partial charge >= 0.3 is 6.18 Å². The summed E-state index contributed by atoms with van der Waals surface area (Å²) in [5, 5.41) is 8.68. The zero-order valence-electron chi connectivity index (χ0n) is 14.3. The number of rotatable bonds is 3. The molecule has 0 aromatic heterocycles. The molecule has 4 rings (SSSR count). The molecule has 2 aromatic carbocycles. The van der Waals surface area contributed by atoms with Crippen molar-refractivity contribution in [3.05, 3.63) is 59.7 Å². The van der Waals surface area contributed by atoms with Crippen LogP contribution in [0.1, 0.15) is 22.3 Å². The number of benzene rings is 2. The van der Waals surface area contributed by atoms with Gasteiger partial charge < -0.3 is 9.80 Å². The van der Waals surface area contributed by atoms with Gasteiger partial charge in [-0.25, -0.2) is 5.48 Å². The molecule has 8 heteroatoms. The molecule has 27 heavy (non-hydrogen) atoms. The van der Waals surface area contributed by atoms with E-state index >= 15 is 0 Å². The highest BCUT2D eigenvalue weighted by molar-refractivity contribution is 5.93. The van der Waals surface area contributed by atoms with E-state index in [4.69, 9.17) is 5.21 Å². The van der Waals surface area contributed by atoms with Gasteiger partial charge in [0.15, 0.2) is 0 Å². The molecule has 0 spiro atoms. The fraction of sp³-hybridized carbons (Fsp3) is 0.316. The highest BCUT2D eigenvalue weighted by Crippen LogP contribution is 2.39. The molecule has 0 aliphatic carbocycles. The molecular formula is C19H18F3N3O2. The number of nitrogens with one attached hydrogen (secondary N) is 1. The highest BCUT2D eigenvalue weighted by Gasteiger charge is 2.43.